The van der Waals surface area contributed by atoms with Crippen molar-refractivity contribution in [3.05, 3.63) is 29.6 Å². The highest BCUT2D eigenvalue weighted by molar-refractivity contribution is 7.89. The van der Waals surface area contributed by atoms with Crippen molar-refractivity contribution in [3.8, 4) is 5.75 Å². The third kappa shape index (κ3) is 7.96. The lowest BCUT2D eigenvalue weighted by molar-refractivity contribution is -0.118. The number of carbonyl (C=O) groups is 2. The molecule has 1 aliphatic heterocycles. The molecule has 3 rings (SSSR count). The molecular formula is C23H34FN3O5S. The van der Waals surface area contributed by atoms with Gasteiger partial charge in [-0.25, -0.2) is 22.3 Å². The second-order valence-electron chi connectivity index (χ2n) is 9.00. The fraction of sp³-hybridized carbons (Fsp3) is 0.652. The summed E-state index contributed by atoms with van der Waals surface area (Å²) in [5, 5.41) is 2.21. The molecule has 1 heterocycles. The van der Waals surface area contributed by atoms with E-state index in [0.717, 1.165) is 12.8 Å². The Hall–Kier alpha value is -2.20. The zero-order valence-electron chi connectivity index (χ0n) is 19.1. The smallest absolute Gasteiger partial charge is 0.324 e. The molecule has 2 fully saturated rings. The molecule has 0 aromatic heterocycles. The fourth-order valence-electron chi connectivity index (χ4n) is 4.29. The van der Waals surface area contributed by atoms with Crippen molar-refractivity contribution in [1.82, 2.24) is 14.9 Å². The molecule has 0 unspecified atom stereocenters. The third-order valence-corrected chi connectivity index (χ3v) is 7.76. The molecule has 184 valence electrons. The number of hydrogen-bond acceptors (Lipinski definition) is 5. The molecule has 33 heavy (non-hydrogen) atoms. The van der Waals surface area contributed by atoms with E-state index in [9.17, 15) is 22.4 Å². The van der Waals surface area contributed by atoms with Gasteiger partial charge in [0.1, 0.15) is 6.54 Å². The molecule has 0 bridgehead atoms. The van der Waals surface area contributed by atoms with Gasteiger partial charge >= 0.3 is 6.03 Å². The van der Waals surface area contributed by atoms with Crippen LogP contribution in [0.5, 0.6) is 5.75 Å². The second-order valence-corrected chi connectivity index (χ2v) is 10.9. The van der Waals surface area contributed by atoms with Crippen molar-refractivity contribution in [2.24, 2.45) is 5.92 Å². The lowest BCUT2D eigenvalue weighted by atomic mass is 9.90. The van der Waals surface area contributed by atoms with E-state index < -0.39 is 27.9 Å². The van der Waals surface area contributed by atoms with Crippen molar-refractivity contribution in [3.63, 3.8) is 0 Å². The minimum Gasteiger partial charge on any atom is -0.490 e. The summed E-state index contributed by atoms with van der Waals surface area (Å²) < 4.78 is 47.5. The number of nitrogens with one attached hydrogen (secondary N) is 2. The monoisotopic (exact) mass is 483 g/mol. The first-order valence-corrected chi connectivity index (χ1v) is 13.4. The van der Waals surface area contributed by atoms with Gasteiger partial charge in [-0.3, -0.25) is 10.1 Å². The highest BCUT2D eigenvalue weighted by Crippen LogP contribution is 2.27. The number of benzene rings is 1. The maximum atomic E-state index is 14.2. The quantitative estimate of drug-likeness (QED) is 0.350. The van der Waals surface area contributed by atoms with Crippen LogP contribution in [0.4, 0.5) is 9.18 Å². The van der Waals surface area contributed by atoms with Crippen LogP contribution in [0.2, 0.25) is 0 Å². The molecule has 1 atom stereocenters. The predicted molar refractivity (Wildman–Crippen MR) is 123 cm³/mol. The van der Waals surface area contributed by atoms with Gasteiger partial charge in [0.25, 0.3) is 0 Å². The van der Waals surface area contributed by atoms with E-state index in [0.29, 0.717) is 43.9 Å². The van der Waals surface area contributed by atoms with Crippen molar-refractivity contribution in [2.75, 3.05) is 25.4 Å². The number of nitrogens with zero attached hydrogens (tertiary/aromatic N) is 1. The molecule has 1 aromatic carbocycles. The number of ether oxygens (including phenoxy) is 1. The summed E-state index contributed by atoms with van der Waals surface area (Å²) >= 11 is 0. The highest BCUT2D eigenvalue weighted by Gasteiger charge is 2.25. The second kappa shape index (κ2) is 11.8. The zero-order chi connectivity index (χ0) is 23.8. The van der Waals surface area contributed by atoms with E-state index in [4.69, 9.17) is 4.74 Å². The summed E-state index contributed by atoms with van der Waals surface area (Å²) in [6, 6.07) is 3.54. The average molecular weight is 484 g/mol. The topological polar surface area (TPSA) is 105 Å². The van der Waals surface area contributed by atoms with Gasteiger partial charge in [-0.15, -0.1) is 0 Å². The summed E-state index contributed by atoms with van der Waals surface area (Å²) in [6.45, 7) is 2.67. The van der Waals surface area contributed by atoms with Gasteiger partial charge < -0.3 is 9.64 Å². The van der Waals surface area contributed by atoms with Crippen LogP contribution < -0.4 is 14.8 Å². The van der Waals surface area contributed by atoms with E-state index in [2.05, 4.69) is 10.0 Å². The van der Waals surface area contributed by atoms with E-state index >= 15 is 0 Å². The Morgan fingerprint density at radius 1 is 1.18 bits per heavy atom. The number of carbonyl (C=O) groups excluding carboxylic acids is 2. The Morgan fingerprint density at radius 3 is 2.64 bits per heavy atom. The molecule has 0 spiro atoms. The van der Waals surface area contributed by atoms with Gasteiger partial charge in [0, 0.05) is 12.6 Å². The Labute approximate surface area is 195 Å². The summed E-state index contributed by atoms with van der Waals surface area (Å²) in [7, 11) is -3.53. The standard InChI is InChI=1S/C23H34FN3O5S/c1-17(19-10-11-20(24)21(14-19)32-16-18-8-4-2-5-9-18)26-33(30,31)13-7-3-6-12-27-15-22(28)25-23(27)29/h10-11,14,17-18,26H,2-9,12-13,15-16H2,1H3,(H,25,28,29)/t17-/m1/s1. The molecule has 1 saturated carbocycles. The minimum absolute atomic E-state index is 0.0469. The maximum absolute atomic E-state index is 14.2. The summed E-state index contributed by atoms with van der Waals surface area (Å²) in [5.74, 6) is -0.206. The normalized spacial score (nSPS) is 18.4. The molecule has 1 saturated heterocycles. The number of sulfonamides is 1. The van der Waals surface area contributed by atoms with Crippen LogP contribution in [-0.4, -0.2) is 50.7 Å². The highest BCUT2D eigenvalue weighted by atomic mass is 32.2. The Bertz CT molecular complexity index is 934. The van der Waals surface area contributed by atoms with Crippen LogP contribution in [0.25, 0.3) is 0 Å². The molecule has 3 amide bonds. The number of hydrogen-bond donors (Lipinski definition) is 2. The zero-order valence-corrected chi connectivity index (χ0v) is 20.0. The van der Waals surface area contributed by atoms with Gasteiger partial charge in [0.15, 0.2) is 11.6 Å². The molecule has 8 nitrogen and oxygen atoms in total. The first-order valence-electron chi connectivity index (χ1n) is 11.7. The van der Waals surface area contributed by atoms with Crippen molar-refractivity contribution >= 4 is 22.0 Å². The number of imide groups is 1. The summed E-state index contributed by atoms with van der Waals surface area (Å²) in [4.78, 5) is 24.1. The number of amides is 3. The fourth-order valence-corrected chi connectivity index (χ4v) is 5.67. The van der Waals surface area contributed by atoms with Crippen LogP contribution >= 0.6 is 0 Å². The van der Waals surface area contributed by atoms with Crippen LogP contribution in [-0.2, 0) is 14.8 Å². The van der Waals surface area contributed by atoms with Crippen LogP contribution in [0, 0.1) is 11.7 Å². The molecule has 0 radical (unpaired) electrons. The van der Waals surface area contributed by atoms with E-state index in [1.54, 1.807) is 19.1 Å². The van der Waals surface area contributed by atoms with Gasteiger partial charge in [0.05, 0.1) is 12.4 Å². The molecule has 1 aliphatic carbocycles. The van der Waals surface area contributed by atoms with Crippen molar-refractivity contribution in [2.45, 2.75) is 64.3 Å². The molecule has 2 N–H and O–H groups in total. The molecular weight excluding hydrogens is 449 g/mol. The van der Waals surface area contributed by atoms with Gasteiger partial charge in [-0.2, -0.15) is 0 Å². The van der Waals surface area contributed by atoms with Crippen LogP contribution in [0.15, 0.2) is 18.2 Å². The van der Waals surface area contributed by atoms with Crippen LogP contribution in [0.1, 0.15) is 69.9 Å². The van der Waals surface area contributed by atoms with E-state index in [1.807, 2.05) is 0 Å². The average Bonchev–Trinajstić information content (AvgIpc) is 3.10. The first-order chi connectivity index (χ1) is 15.7. The van der Waals surface area contributed by atoms with Gasteiger partial charge in [-0.1, -0.05) is 31.7 Å². The van der Waals surface area contributed by atoms with Crippen molar-refractivity contribution in [1.29, 1.82) is 0 Å². The lowest BCUT2D eigenvalue weighted by Gasteiger charge is -2.22. The first kappa shape index (κ1) is 25.4. The SMILES string of the molecule is C[C@@H](NS(=O)(=O)CCCCCN1CC(=O)NC1=O)c1ccc(F)c(OCC2CCCCC2)c1. The van der Waals surface area contributed by atoms with Crippen LogP contribution in [0.3, 0.4) is 0 Å². The Balaban J connectivity index is 1.43. The molecule has 10 heteroatoms. The largest absolute Gasteiger partial charge is 0.490 e. The minimum atomic E-state index is -3.53. The van der Waals surface area contributed by atoms with Gasteiger partial charge in [-0.05, 0) is 56.2 Å². The van der Waals surface area contributed by atoms with Crippen molar-refractivity contribution < 1.29 is 27.1 Å². The lowest BCUT2D eigenvalue weighted by Crippen LogP contribution is -2.30. The summed E-state index contributed by atoms with van der Waals surface area (Å²) in [6.07, 6.45) is 7.47. The van der Waals surface area contributed by atoms with E-state index in [-0.39, 0.29) is 24.0 Å². The predicted octanol–water partition coefficient (Wildman–Crippen LogP) is 3.49. The van der Waals surface area contributed by atoms with E-state index in [1.165, 1.54) is 30.2 Å². The Kier molecular flexibility index (Phi) is 9.08. The summed E-state index contributed by atoms with van der Waals surface area (Å²) in [5.41, 5.74) is 0.642. The third-order valence-electron chi connectivity index (χ3n) is 6.22. The maximum Gasteiger partial charge on any atom is 0.324 e. The number of halogens is 1. The number of urea groups is 1. The molecule has 1 aromatic rings. The number of unbranched alkanes of at least 4 members (excludes halogenated alkanes) is 2. The Morgan fingerprint density at radius 2 is 1.94 bits per heavy atom. The number of rotatable bonds is 12. The van der Waals surface area contributed by atoms with Gasteiger partial charge in [0.2, 0.25) is 15.9 Å². The molecule has 2 aliphatic rings.